The number of carbonyl (C=O) groups is 2. The van der Waals surface area contributed by atoms with Gasteiger partial charge in [0.25, 0.3) is 5.91 Å². The summed E-state index contributed by atoms with van der Waals surface area (Å²) in [6.07, 6.45) is -4.37. The Morgan fingerprint density at radius 3 is 2.27 bits per heavy atom. The minimum absolute atomic E-state index is 0.0478. The quantitative estimate of drug-likeness (QED) is 0.649. The number of carboxylic acid groups (broad SMARTS) is 1. The van der Waals surface area contributed by atoms with Crippen molar-refractivity contribution in [3.63, 3.8) is 0 Å². The monoisotopic (exact) mass is 445 g/mol. The molecule has 1 heterocycles. The van der Waals surface area contributed by atoms with Crippen molar-refractivity contribution in [1.29, 1.82) is 0 Å². The molecule has 1 aromatic carbocycles. The number of aliphatic carboxylic acids is 1. The van der Waals surface area contributed by atoms with E-state index in [2.05, 4.69) is 43.2 Å². The summed E-state index contributed by atoms with van der Waals surface area (Å²) in [5, 5.41) is 11.0. The number of nitrogens with two attached hydrogens (primary N) is 1. The van der Waals surface area contributed by atoms with Gasteiger partial charge in [-0.15, -0.1) is 11.3 Å². The Labute approximate surface area is 177 Å². The number of aryl methyl sites for hydroxylation is 1. The van der Waals surface area contributed by atoms with Crippen molar-refractivity contribution in [3.8, 4) is 0 Å². The number of thiazole rings is 1. The van der Waals surface area contributed by atoms with Crippen LogP contribution in [-0.2, 0) is 23.2 Å². The smallest absolute Gasteiger partial charge is 0.475 e. The number of nitrogens with zero attached hydrogens (tertiary/aromatic N) is 1. The van der Waals surface area contributed by atoms with E-state index in [4.69, 9.17) is 15.6 Å². The lowest BCUT2D eigenvalue weighted by Crippen LogP contribution is -2.26. The second-order valence-electron chi connectivity index (χ2n) is 7.44. The molecule has 0 bridgehead atoms. The molecule has 0 fully saturated rings. The summed E-state index contributed by atoms with van der Waals surface area (Å²) in [4.78, 5) is 26.7. The van der Waals surface area contributed by atoms with E-state index in [1.54, 1.807) is 11.3 Å². The van der Waals surface area contributed by atoms with Crippen molar-refractivity contribution in [2.75, 3.05) is 6.54 Å². The zero-order valence-corrected chi connectivity index (χ0v) is 18.1. The Hall–Kier alpha value is -2.46. The van der Waals surface area contributed by atoms with Crippen LogP contribution in [0.3, 0.4) is 0 Å². The molecule has 2 aromatic rings. The average molecular weight is 446 g/mol. The molecule has 0 saturated carbocycles. The molecule has 1 amide bonds. The number of halogens is 3. The van der Waals surface area contributed by atoms with E-state index >= 15 is 0 Å². The second kappa shape index (κ2) is 10.5. The highest BCUT2D eigenvalue weighted by molar-refractivity contribution is 7.11. The number of carbonyl (C=O) groups excluding carboxylic acids is 1. The standard InChI is InChI=1S/C18H25N3OS.C2HF3O2/c1-12-16(21-15(23-12)9-10-19)17(22)20-11-13-7-5-6-8-14(13)18(2,3)4;3-2(4,5)1(6)7/h5-8H,9-11,19H2,1-4H3,(H,20,22);(H,6,7). The van der Waals surface area contributed by atoms with Gasteiger partial charge in [-0.05, 0) is 30.0 Å². The molecule has 0 spiro atoms. The molecule has 2 rings (SSSR count). The minimum Gasteiger partial charge on any atom is -0.475 e. The molecule has 0 aliphatic rings. The largest absolute Gasteiger partial charge is 0.490 e. The fourth-order valence-corrected chi connectivity index (χ4v) is 3.50. The van der Waals surface area contributed by atoms with E-state index in [9.17, 15) is 18.0 Å². The van der Waals surface area contributed by atoms with Crippen LogP contribution in [0.1, 0.15) is 52.3 Å². The van der Waals surface area contributed by atoms with E-state index in [0.717, 1.165) is 15.4 Å². The van der Waals surface area contributed by atoms with Crippen LogP contribution < -0.4 is 11.1 Å². The second-order valence-corrected chi connectivity index (χ2v) is 8.73. The van der Waals surface area contributed by atoms with E-state index < -0.39 is 12.1 Å². The number of amides is 1. The number of carboxylic acids is 1. The topological polar surface area (TPSA) is 105 Å². The fourth-order valence-electron chi connectivity index (χ4n) is 2.56. The van der Waals surface area contributed by atoms with Gasteiger partial charge < -0.3 is 16.2 Å². The van der Waals surface area contributed by atoms with Gasteiger partial charge in [0.2, 0.25) is 0 Å². The first kappa shape index (κ1) is 25.6. The van der Waals surface area contributed by atoms with Crippen molar-refractivity contribution in [2.24, 2.45) is 5.73 Å². The van der Waals surface area contributed by atoms with Gasteiger partial charge in [0, 0.05) is 17.8 Å². The number of aromatic nitrogens is 1. The van der Waals surface area contributed by atoms with Gasteiger partial charge in [-0.2, -0.15) is 13.2 Å². The lowest BCUT2D eigenvalue weighted by Gasteiger charge is -2.23. The lowest BCUT2D eigenvalue weighted by molar-refractivity contribution is -0.192. The Balaban J connectivity index is 0.000000553. The van der Waals surface area contributed by atoms with Crippen LogP contribution in [0.25, 0.3) is 0 Å². The van der Waals surface area contributed by atoms with Crippen LogP contribution in [0.4, 0.5) is 13.2 Å². The third-order valence-corrected chi connectivity index (χ3v) is 4.95. The van der Waals surface area contributed by atoms with Crippen LogP contribution >= 0.6 is 11.3 Å². The predicted molar refractivity (Wildman–Crippen MR) is 110 cm³/mol. The molecule has 10 heteroatoms. The summed E-state index contributed by atoms with van der Waals surface area (Å²) < 4.78 is 31.7. The SMILES string of the molecule is Cc1sc(CCN)nc1C(=O)NCc1ccccc1C(C)(C)C.O=C(O)C(F)(F)F. The lowest BCUT2D eigenvalue weighted by atomic mass is 9.84. The summed E-state index contributed by atoms with van der Waals surface area (Å²) in [6.45, 7) is 9.52. The van der Waals surface area contributed by atoms with Crippen LogP contribution in [0, 0.1) is 6.92 Å². The van der Waals surface area contributed by atoms with Crippen molar-refractivity contribution in [2.45, 2.75) is 52.3 Å². The number of benzene rings is 1. The number of hydrogen-bond acceptors (Lipinski definition) is 5. The molecule has 0 aliphatic heterocycles. The third-order valence-electron chi connectivity index (χ3n) is 3.92. The average Bonchev–Trinajstić information content (AvgIpc) is 2.99. The van der Waals surface area contributed by atoms with E-state index in [-0.39, 0.29) is 11.3 Å². The number of nitrogens with one attached hydrogen (secondary N) is 1. The summed E-state index contributed by atoms with van der Waals surface area (Å²) in [5.41, 5.74) is 8.51. The van der Waals surface area contributed by atoms with Gasteiger partial charge in [-0.1, -0.05) is 45.0 Å². The van der Waals surface area contributed by atoms with E-state index in [1.807, 2.05) is 19.1 Å². The molecule has 0 saturated heterocycles. The zero-order chi connectivity index (χ0) is 23.1. The molecule has 6 nitrogen and oxygen atoms in total. The van der Waals surface area contributed by atoms with Crippen molar-refractivity contribution >= 4 is 23.2 Å². The summed E-state index contributed by atoms with van der Waals surface area (Å²) in [7, 11) is 0. The van der Waals surface area contributed by atoms with Gasteiger partial charge in [0.1, 0.15) is 5.69 Å². The van der Waals surface area contributed by atoms with Gasteiger partial charge in [0.15, 0.2) is 0 Å². The van der Waals surface area contributed by atoms with Gasteiger partial charge in [0.05, 0.1) is 5.01 Å². The first-order valence-electron chi connectivity index (χ1n) is 9.10. The molecular weight excluding hydrogens is 419 g/mol. The summed E-state index contributed by atoms with van der Waals surface area (Å²) in [6, 6.07) is 8.23. The predicted octanol–water partition coefficient (Wildman–Crippen LogP) is 3.81. The molecule has 0 atom stereocenters. The zero-order valence-electron chi connectivity index (χ0n) is 17.3. The Morgan fingerprint density at radius 1 is 1.20 bits per heavy atom. The van der Waals surface area contributed by atoms with Crippen LogP contribution in [0.5, 0.6) is 0 Å². The first-order chi connectivity index (χ1) is 13.8. The molecule has 1 aromatic heterocycles. The molecule has 0 radical (unpaired) electrons. The minimum atomic E-state index is -5.08. The van der Waals surface area contributed by atoms with Gasteiger partial charge in [-0.25, -0.2) is 9.78 Å². The maximum Gasteiger partial charge on any atom is 0.490 e. The molecule has 0 unspecified atom stereocenters. The highest BCUT2D eigenvalue weighted by Gasteiger charge is 2.38. The van der Waals surface area contributed by atoms with Crippen LogP contribution in [0.15, 0.2) is 24.3 Å². The Kier molecular flexibility index (Phi) is 8.98. The van der Waals surface area contributed by atoms with Gasteiger partial charge in [-0.3, -0.25) is 4.79 Å². The molecule has 0 aliphatic carbocycles. The fraction of sp³-hybridized carbons (Fsp3) is 0.450. The van der Waals surface area contributed by atoms with Crippen molar-refractivity contribution < 1.29 is 27.9 Å². The maximum atomic E-state index is 12.4. The van der Waals surface area contributed by atoms with E-state index in [1.165, 1.54) is 5.56 Å². The molecule has 4 N–H and O–H groups in total. The molecular formula is C20H26F3N3O3S. The first-order valence-corrected chi connectivity index (χ1v) is 9.92. The molecule has 166 valence electrons. The Bertz CT molecular complexity index is 874. The molecule has 30 heavy (non-hydrogen) atoms. The number of hydrogen-bond donors (Lipinski definition) is 3. The van der Waals surface area contributed by atoms with E-state index in [0.29, 0.717) is 25.2 Å². The van der Waals surface area contributed by atoms with Crippen molar-refractivity contribution in [1.82, 2.24) is 10.3 Å². The summed E-state index contributed by atoms with van der Waals surface area (Å²) in [5.74, 6) is -2.88. The van der Waals surface area contributed by atoms with Crippen LogP contribution in [0.2, 0.25) is 0 Å². The maximum absolute atomic E-state index is 12.4. The normalized spacial score (nSPS) is 11.5. The Morgan fingerprint density at radius 2 is 1.77 bits per heavy atom. The highest BCUT2D eigenvalue weighted by atomic mass is 32.1. The third kappa shape index (κ3) is 7.75. The van der Waals surface area contributed by atoms with Crippen LogP contribution in [-0.4, -0.2) is 34.7 Å². The number of rotatable bonds is 5. The highest BCUT2D eigenvalue weighted by Crippen LogP contribution is 2.26. The van der Waals surface area contributed by atoms with Gasteiger partial charge >= 0.3 is 12.1 Å². The number of alkyl halides is 3. The van der Waals surface area contributed by atoms with Crippen molar-refractivity contribution in [3.05, 3.63) is 51.0 Å². The summed E-state index contributed by atoms with van der Waals surface area (Å²) >= 11 is 1.54.